The van der Waals surface area contributed by atoms with Gasteiger partial charge in [-0.3, -0.25) is 0 Å². The first-order valence-electron chi connectivity index (χ1n) is 15.2. The number of amides is 1. The number of hydrogen-bond donors (Lipinski definition) is 3. The lowest BCUT2D eigenvalue weighted by Crippen LogP contribution is -2.51. The largest absolute Gasteiger partial charge is 0.494 e. The van der Waals surface area contributed by atoms with Crippen LogP contribution < -0.4 is 19.5 Å². The van der Waals surface area contributed by atoms with Crippen LogP contribution in [0, 0.1) is 11.8 Å². The second kappa shape index (κ2) is 15.0. The Kier molecular flexibility index (Phi) is 11.1. The van der Waals surface area contributed by atoms with Crippen LogP contribution in [0.25, 0.3) is 0 Å². The summed E-state index contributed by atoms with van der Waals surface area (Å²) in [5, 5.41) is 23.3. The molecular formula is C31H42N2O11S. The second-order valence-electron chi connectivity index (χ2n) is 11.8. The normalized spacial score (nSPS) is 22.0. The lowest BCUT2D eigenvalue weighted by molar-refractivity contribution is -0.0907. The number of aliphatic hydroxyl groups excluding tert-OH is 2. The number of fused-ring (bicyclic) bond motifs is 2. The Morgan fingerprint density at radius 2 is 1.87 bits per heavy atom. The molecule has 2 fully saturated rings. The molecule has 3 N–H and O–H groups in total. The van der Waals surface area contributed by atoms with E-state index in [2.05, 4.69) is 5.32 Å². The van der Waals surface area contributed by atoms with Crippen LogP contribution in [0.15, 0.2) is 47.4 Å². The fraction of sp³-hybridized carbons (Fsp3) is 0.581. The summed E-state index contributed by atoms with van der Waals surface area (Å²) in [6.07, 6.45) is -1.53. The van der Waals surface area contributed by atoms with Gasteiger partial charge in [0.2, 0.25) is 16.8 Å². The number of hydrogen-bond acceptors (Lipinski definition) is 11. The van der Waals surface area contributed by atoms with E-state index in [4.69, 9.17) is 33.5 Å². The number of ether oxygens (including phenoxy) is 6. The Morgan fingerprint density at radius 1 is 1.09 bits per heavy atom. The molecule has 0 saturated carbocycles. The van der Waals surface area contributed by atoms with Crippen molar-refractivity contribution in [1.29, 1.82) is 0 Å². The van der Waals surface area contributed by atoms with Crippen molar-refractivity contribution in [2.75, 3.05) is 46.3 Å². The van der Waals surface area contributed by atoms with E-state index in [-0.39, 0.29) is 56.2 Å². The maximum Gasteiger partial charge on any atom is 0.407 e. The van der Waals surface area contributed by atoms with Gasteiger partial charge in [0.1, 0.15) is 11.9 Å². The van der Waals surface area contributed by atoms with Gasteiger partial charge in [0, 0.05) is 32.2 Å². The van der Waals surface area contributed by atoms with Gasteiger partial charge in [-0.2, -0.15) is 4.31 Å². The molecule has 0 aliphatic carbocycles. The Morgan fingerprint density at radius 3 is 2.62 bits per heavy atom. The lowest BCUT2D eigenvalue weighted by Gasteiger charge is -2.31. The molecule has 5 atom stereocenters. The van der Waals surface area contributed by atoms with Crippen LogP contribution in [0.3, 0.4) is 0 Å². The number of benzene rings is 2. The molecule has 2 aromatic rings. The minimum absolute atomic E-state index is 0.00782. The molecule has 14 heteroatoms. The second-order valence-corrected chi connectivity index (χ2v) is 13.7. The van der Waals surface area contributed by atoms with Gasteiger partial charge in [0.05, 0.1) is 42.8 Å². The fourth-order valence-electron chi connectivity index (χ4n) is 5.58. The Hall–Kier alpha value is -3.14. The third-order valence-electron chi connectivity index (χ3n) is 7.90. The van der Waals surface area contributed by atoms with Crippen molar-refractivity contribution >= 4 is 16.1 Å². The number of nitrogens with zero attached hydrogens (tertiary/aromatic N) is 1. The molecule has 0 aromatic heterocycles. The first-order chi connectivity index (χ1) is 21.6. The van der Waals surface area contributed by atoms with Crippen molar-refractivity contribution in [3.63, 3.8) is 0 Å². The first kappa shape index (κ1) is 33.2. The minimum Gasteiger partial charge on any atom is -0.494 e. The quantitative estimate of drug-likeness (QED) is 0.243. The lowest BCUT2D eigenvalue weighted by atomic mass is 10.0. The van der Waals surface area contributed by atoms with Gasteiger partial charge in [-0.05, 0) is 48.6 Å². The smallest absolute Gasteiger partial charge is 0.407 e. The summed E-state index contributed by atoms with van der Waals surface area (Å²) >= 11 is 0. The highest BCUT2D eigenvalue weighted by Crippen LogP contribution is 2.35. The van der Waals surface area contributed by atoms with Crippen molar-refractivity contribution in [2.24, 2.45) is 11.8 Å². The maximum absolute atomic E-state index is 13.8. The molecule has 45 heavy (non-hydrogen) atoms. The molecule has 2 saturated heterocycles. The molecule has 5 rings (SSSR count). The highest BCUT2D eigenvalue weighted by molar-refractivity contribution is 7.89. The summed E-state index contributed by atoms with van der Waals surface area (Å²) in [5.41, 5.74) is 0.774. The molecule has 248 valence electrons. The summed E-state index contributed by atoms with van der Waals surface area (Å²) < 4.78 is 62.0. The van der Waals surface area contributed by atoms with E-state index in [1.165, 1.54) is 16.4 Å². The highest BCUT2D eigenvalue weighted by Gasteiger charge is 2.44. The number of sulfonamides is 1. The SMILES string of the molecule is CC(C)CN(CC(O)C(Cc1ccc(OCCCO)cc1)NC(=O)OC1COC2OCCC12)S(=O)(=O)c1ccc2c(c1)OCO2. The zero-order chi connectivity index (χ0) is 32.0. The predicted molar refractivity (Wildman–Crippen MR) is 161 cm³/mol. The molecule has 3 aliphatic heterocycles. The van der Waals surface area contributed by atoms with E-state index in [1.807, 2.05) is 26.0 Å². The van der Waals surface area contributed by atoms with E-state index in [0.29, 0.717) is 43.3 Å². The van der Waals surface area contributed by atoms with E-state index in [0.717, 1.165) is 5.56 Å². The zero-order valence-electron chi connectivity index (χ0n) is 25.5. The van der Waals surface area contributed by atoms with Crippen LogP contribution in [-0.4, -0.2) is 99.9 Å². The number of carbonyl (C=O) groups excluding carboxylic acids is 1. The monoisotopic (exact) mass is 650 g/mol. The van der Waals surface area contributed by atoms with Gasteiger partial charge in [0.25, 0.3) is 0 Å². The van der Waals surface area contributed by atoms with Gasteiger partial charge in [-0.25, -0.2) is 13.2 Å². The Balaban J connectivity index is 1.33. The summed E-state index contributed by atoms with van der Waals surface area (Å²) in [7, 11) is -4.06. The van der Waals surface area contributed by atoms with Crippen LogP contribution in [-0.2, 0) is 30.7 Å². The van der Waals surface area contributed by atoms with Crippen LogP contribution in [0.5, 0.6) is 17.2 Å². The van der Waals surface area contributed by atoms with Crippen LogP contribution in [0.2, 0.25) is 0 Å². The van der Waals surface area contributed by atoms with E-state index in [9.17, 15) is 18.3 Å². The van der Waals surface area contributed by atoms with Crippen LogP contribution in [0.4, 0.5) is 4.79 Å². The van der Waals surface area contributed by atoms with Crippen molar-refractivity contribution in [3.05, 3.63) is 48.0 Å². The molecule has 0 bridgehead atoms. The fourth-order valence-corrected chi connectivity index (χ4v) is 7.22. The maximum atomic E-state index is 13.8. The number of rotatable bonds is 15. The minimum atomic E-state index is -4.06. The topological polar surface area (TPSA) is 162 Å². The van der Waals surface area contributed by atoms with Crippen LogP contribution in [0.1, 0.15) is 32.3 Å². The molecule has 3 aliphatic rings. The van der Waals surface area contributed by atoms with Gasteiger partial charge in [-0.15, -0.1) is 0 Å². The Bertz CT molecular complexity index is 1390. The van der Waals surface area contributed by atoms with E-state index in [1.54, 1.807) is 18.2 Å². The molecule has 0 spiro atoms. The molecule has 1 amide bonds. The average molecular weight is 651 g/mol. The van der Waals surface area contributed by atoms with Gasteiger partial charge in [0.15, 0.2) is 17.8 Å². The van der Waals surface area contributed by atoms with Crippen molar-refractivity contribution < 1.29 is 51.8 Å². The molecular weight excluding hydrogens is 608 g/mol. The molecule has 3 heterocycles. The van der Waals surface area contributed by atoms with Crippen molar-refractivity contribution in [1.82, 2.24) is 9.62 Å². The average Bonchev–Trinajstić information content (AvgIpc) is 3.76. The van der Waals surface area contributed by atoms with E-state index >= 15 is 0 Å². The highest BCUT2D eigenvalue weighted by atomic mass is 32.2. The number of nitrogens with one attached hydrogen (secondary N) is 1. The van der Waals surface area contributed by atoms with Crippen molar-refractivity contribution in [2.45, 2.75) is 62.5 Å². The standard InChI is InChI=1S/C31H42N2O11S/c1-20(2)16-33(45(37,38)23-8-9-27-28(15-23)43-19-42-27)17-26(35)25(14-21-4-6-22(7-5-21)39-12-3-11-34)32-31(36)44-29-18-41-30-24(29)10-13-40-30/h4-9,15,20,24-26,29-30,34-35H,3,10-14,16-19H2,1-2H3,(H,32,36). The summed E-state index contributed by atoms with van der Waals surface area (Å²) in [6.45, 7) is 4.76. The zero-order valence-corrected chi connectivity index (χ0v) is 26.3. The van der Waals surface area contributed by atoms with E-state index < -0.39 is 40.7 Å². The third-order valence-corrected chi connectivity index (χ3v) is 9.73. The number of alkyl carbamates (subject to hydrolysis) is 1. The molecule has 2 aromatic carbocycles. The third kappa shape index (κ3) is 8.37. The summed E-state index contributed by atoms with van der Waals surface area (Å²) in [5.74, 6) is 1.29. The molecule has 0 radical (unpaired) electrons. The first-order valence-corrected chi connectivity index (χ1v) is 16.7. The van der Waals surface area contributed by atoms with Gasteiger partial charge < -0.3 is 44.0 Å². The summed E-state index contributed by atoms with van der Waals surface area (Å²) in [4.78, 5) is 13.2. The molecule has 13 nitrogen and oxygen atoms in total. The Labute approximate surface area is 263 Å². The number of aliphatic hydroxyl groups is 2. The van der Waals surface area contributed by atoms with Crippen molar-refractivity contribution in [3.8, 4) is 17.2 Å². The number of carbonyl (C=O) groups is 1. The summed E-state index contributed by atoms with van der Waals surface area (Å²) in [6, 6.07) is 10.6. The predicted octanol–water partition coefficient (Wildman–Crippen LogP) is 2.28. The van der Waals surface area contributed by atoms with Gasteiger partial charge in [-0.1, -0.05) is 26.0 Å². The van der Waals surface area contributed by atoms with Gasteiger partial charge >= 0.3 is 6.09 Å². The van der Waals surface area contributed by atoms with Crippen LogP contribution >= 0.6 is 0 Å². The molecule has 5 unspecified atom stereocenters.